The summed E-state index contributed by atoms with van der Waals surface area (Å²) in [5.41, 5.74) is 2.14. The fourth-order valence-corrected chi connectivity index (χ4v) is 2.19. The zero-order valence-corrected chi connectivity index (χ0v) is 14.6. The first-order valence-electron chi connectivity index (χ1n) is 7.37. The maximum absolute atomic E-state index is 12.0. The molecule has 0 aliphatic heterocycles. The van der Waals surface area contributed by atoms with Crippen LogP contribution in [0.4, 0.5) is 5.69 Å². The predicted octanol–water partition coefficient (Wildman–Crippen LogP) is 3.37. The average Bonchev–Trinajstić information content (AvgIpc) is 2.55. The number of hydrogen-bond donors (Lipinski definition) is 1. The molecule has 0 aliphatic rings. The molecular weight excluding hydrogens is 328 g/mol. The molecule has 0 radical (unpaired) electrons. The summed E-state index contributed by atoms with van der Waals surface area (Å²) >= 11 is 6.02. The van der Waals surface area contributed by atoms with E-state index in [2.05, 4.69) is 5.32 Å². The van der Waals surface area contributed by atoms with Crippen LogP contribution in [-0.4, -0.2) is 37.4 Å². The van der Waals surface area contributed by atoms with Gasteiger partial charge in [-0.3, -0.25) is 9.59 Å². The van der Waals surface area contributed by atoms with Gasteiger partial charge < -0.3 is 15.0 Å². The molecule has 6 heteroatoms. The lowest BCUT2D eigenvalue weighted by Crippen LogP contribution is -2.22. The van der Waals surface area contributed by atoms with Crippen LogP contribution in [0, 0.1) is 6.92 Å². The van der Waals surface area contributed by atoms with Crippen LogP contribution in [-0.2, 0) is 4.79 Å². The second-order valence-electron chi connectivity index (χ2n) is 5.55. The summed E-state index contributed by atoms with van der Waals surface area (Å²) < 4.78 is 5.44. The smallest absolute Gasteiger partial charge is 0.262 e. The molecule has 0 bridgehead atoms. The Morgan fingerprint density at radius 2 is 1.79 bits per heavy atom. The second-order valence-corrected chi connectivity index (χ2v) is 5.95. The molecular formula is C18H19ClN2O3. The fourth-order valence-electron chi connectivity index (χ4n) is 2.02. The molecule has 5 nitrogen and oxygen atoms in total. The van der Waals surface area contributed by atoms with Crippen LogP contribution < -0.4 is 10.1 Å². The lowest BCUT2D eigenvalue weighted by molar-refractivity contribution is -0.118. The number of nitrogens with zero attached hydrogens (tertiary/aromatic N) is 1. The van der Waals surface area contributed by atoms with Crippen LogP contribution in [0.1, 0.15) is 15.9 Å². The summed E-state index contributed by atoms with van der Waals surface area (Å²) in [4.78, 5) is 25.3. The van der Waals surface area contributed by atoms with Crippen LogP contribution in [0.15, 0.2) is 42.5 Å². The number of anilines is 1. The summed E-state index contributed by atoms with van der Waals surface area (Å²) in [6, 6.07) is 12.0. The molecule has 126 valence electrons. The predicted molar refractivity (Wildman–Crippen MR) is 94.8 cm³/mol. The number of amides is 2. The van der Waals surface area contributed by atoms with E-state index in [9.17, 15) is 9.59 Å². The van der Waals surface area contributed by atoms with E-state index in [0.717, 1.165) is 5.56 Å². The van der Waals surface area contributed by atoms with Crippen LogP contribution in [0.25, 0.3) is 0 Å². The number of halogens is 1. The normalized spacial score (nSPS) is 10.2. The first-order chi connectivity index (χ1) is 11.4. The monoisotopic (exact) mass is 346 g/mol. The number of rotatable bonds is 5. The highest BCUT2D eigenvalue weighted by atomic mass is 35.5. The molecule has 2 aromatic rings. The van der Waals surface area contributed by atoms with Gasteiger partial charge in [0.05, 0.1) is 5.02 Å². The van der Waals surface area contributed by atoms with Gasteiger partial charge in [-0.25, -0.2) is 0 Å². The minimum atomic E-state index is -0.306. The summed E-state index contributed by atoms with van der Waals surface area (Å²) in [7, 11) is 3.37. The van der Waals surface area contributed by atoms with Crippen molar-refractivity contribution in [2.45, 2.75) is 6.92 Å². The van der Waals surface area contributed by atoms with E-state index in [1.54, 1.807) is 50.5 Å². The van der Waals surface area contributed by atoms with Gasteiger partial charge in [0.1, 0.15) is 5.75 Å². The number of benzene rings is 2. The largest absolute Gasteiger partial charge is 0.482 e. The molecule has 0 unspecified atom stereocenters. The van der Waals surface area contributed by atoms with Crippen molar-refractivity contribution >= 4 is 29.1 Å². The Balaban J connectivity index is 1.92. The number of carbonyl (C=O) groups excluding carboxylic acids is 2. The van der Waals surface area contributed by atoms with Gasteiger partial charge in [0.25, 0.3) is 11.8 Å². The molecule has 1 N–H and O–H groups in total. The highest BCUT2D eigenvalue weighted by Gasteiger charge is 2.09. The number of carbonyl (C=O) groups is 2. The van der Waals surface area contributed by atoms with Crippen molar-refractivity contribution in [1.29, 1.82) is 0 Å². The van der Waals surface area contributed by atoms with Crippen molar-refractivity contribution in [3.05, 3.63) is 58.6 Å². The van der Waals surface area contributed by atoms with E-state index in [-0.39, 0.29) is 18.4 Å². The first kappa shape index (κ1) is 17.8. The molecule has 0 aromatic heterocycles. The number of aryl methyl sites for hydroxylation is 1. The van der Waals surface area contributed by atoms with Gasteiger partial charge in [-0.15, -0.1) is 0 Å². The summed E-state index contributed by atoms with van der Waals surface area (Å²) in [6.07, 6.45) is 0. The van der Waals surface area contributed by atoms with Gasteiger partial charge >= 0.3 is 0 Å². The Morgan fingerprint density at radius 1 is 1.12 bits per heavy atom. The topological polar surface area (TPSA) is 58.6 Å². The maximum atomic E-state index is 12.0. The van der Waals surface area contributed by atoms with E-state index >= 15 is 0 Å². The van der Waals surface area contributed by atoms with Gasteiger partial charge in [0.15, 0.2) is 6.61 Å². The summed E-state index contributed by atoms with van der Waals surface area (Å²) in [5.74, 6) is 0.0725. The Hall–Kier alpha value is -2.53. The van der Waals surface area contributed by atoms with Crippen LogP contribution in [0.2, 0.25) is 5.02 Å². The van der Waals surface area contributed by atoms with E-state index in [1.165, 1.54) is 4.90 Å². The van der Waals surface area contributed by atoms with Crippen molar-refractivity contribution in [2.24, 2.45) is 0 Å². The Labute approximate surface area is 146 Å². The zero-order chi connectivity index (χ0) is 17.7. The molecule has 0 saturated heterocycles. The zero-order valence-electron chi connectivity index (χ0n) is 13.8. The highest BCUT2D eigenvalue weighted by Crippen LogP contribution is 2.25. The Kier molecular flexibility index (Phi) is 5.82. The molecule has 0 aliphatic carbocycles. The molecule has 24 heavy (non-hydrogen) atoms. The van der Waals surface area contributed by atoms with Crippen molar-refractivity contribution in [1.82, 2.24) is 4.90 Å². The minimum Gasteiger partial charge on any atom is -0.482 e. The Morgan fingerprint density at radius 3 is 2.42 bits per heavy atom. The van der Waals surface area contributed by atoms with Crippen molar-refractivity contribution in [2.75, 3.05) is 26.0 Å². The molecule has 2 amide bonds. The standard InChI is InChI=1S/C18H19ClN2O3/c1-12-4-9-15(19)16(10-12)24-11-17(22)20-14-7-5-13(6-8-14)18(23)21(2)3/h4-10H,11H2,1-3H3,(H,20,22). The van der Waals surface area contributed by atoms with Crippen LogP contribution in [0.3, 0.4) is 0 Å². The molecule has 0 spiro atoms. The third-order valence-electron chi connectivity index (χ3n) is 3.27. The molecule has 0 fully saturated rings. The maximum Gasteiger partial charge on any atom is 0.262 e. The molecule has 0 atom stereocenters. The van der Waals surface area contributed by atoms with Crippen molar-refractivity contribution < 1.29 is 14.3 Å². The van der Waals surface area contributed by atoms with Crippen molar-refractivity contribution in [3.63, 3.8) is 0 Å². The molecule has 0 saturated carbocycles. The lowest BCUT2D eigenvalue weighted by Gasteiger charge is -2.11. The molecule has 0 heterocycles. The van der Waals surface area contributed by atoms with Crippen LogP contribution in [0.5, 0.6) is 5.75 Å². The van der Waals surface area contributed by atoms with Crippen LogP contribution >= 0.6 is 11.6 Å². The van der Waals surface area contributed by atoms with Gasteiger partial charge in [-0.2, -0.15) is 0 Å². The molecule has 2 aromatic carbocycles. The summed E-state index contributed by atoms with van der Waals surface area (Å²) in [5, 5.41) is 3.17. The third kappa shape index (κ3) is 4.73. The third-order valence-corrected chi connectivity index (χ3v) is 3.58. The van der Waals surface area contributed by atoms with Gasteiger partial charge in [0, 0.05) is 25.3 Å². The first-order valence-corrected chi connectivity index (χ1v) is 7.75. The summed E-state index contributed by atoms with van der Waals surface area (Å²) in [6.45, 7) is 1.77. The van der Waals surface area contributed by atoms with Crippen molar-refractivity contribution in [3.8, 4) is 5.75 Å². The average molecular weight is 347 g/mol. The number of ether oxygens (including phenoxy) is 1. The van der Waals surface area contributed by atoms with E-state index in [4.69, 9.17) is 16.3 Å². The highest BCUT2D eigenvalue weighted by molar-refractivity contribution is 6.32. The quantitative estimate of drug-likeness (QED) is 0.903. The Bertz CT molecular complexity index is 742. The lowest BCUT2D eigenvalue weighted by atomic mass is 10.2. The van der Waals surface area contributed by atoms with E-state index < -0.39 is 0 Å². The fraction of sp³-hybridized carbons (Fsp3) is 0.222. The van der Waals surface area contributed by atoms with E-state index in [1.807, 2.05) is 13.0 Å². The second kappa shape index (κ2) is 7.84. The minimum absolute atomic E-state index is 0.0923. The number of nitrogens with one attached hydrogen (secondary N) is 1. The van der Waals surface area contributed by atoms with Gasteiger partial charge in [0.2, 0.25) is 0 Å². The van der Waals surface area contributed by atoms with Gasteiger partial charge in [-0.05, 0) is 48.9 Å². The van der Waals surface area contributed by atoms with Gasteiger partial charge in [-0.1, -0.05) is 17.7 Å². The van der Waals surface area contributed by atoms with E-state index in [0.29, 0.717) is 22.0 Å². The number of hydrogen-bond acceptors (Lipinski definition) is 3. The SMILES string of the molecule is Cc1ccc(Cl)c(OCC(=O)Nc2ccc(C(=O)N(C)C)cc2)c1. The molecule has 2 rings (SSSR count).